The zero-order chi connectivity index (χ0) is 17.9. The minimum atomic E-state index is -0.373. The lowest BCUT2D eigenvalue weighted by molar-refractivity contribution is -0.405. The van der Waals surface area contributed by atoms with Crippen molar-refractivity contribution < 1.29 is 14.9 Å². The summed E-state index contributed by atoms with van der Waals surface area (Å²) in [4.78, 5) is 2.47. The SMILES string of the molecule is C=C1[C@H]2CC[C@]3([C@@H](C2)[C@@]24CCC[C@@]5(C)CN(CCO)[C@H]2O[C@@H]3C[C@H]54)[C@@H]1O. The number of aliphatic hydroxyl groups excluding tert-OH is 2. The zero-order valence-electron chi connectivity index (χ0n) is 16.0. The van der Waals surface area contributed by atoms with Gasteiger partial charge in [0.1, 0.15) is 6.23 Å². The van der Waals surface area contributed by atoms with E-state index in [1.54, 1.807) is 0 Å². The number of ether oxygens (including phenoxy) is 1. The standard InChI is InChI=1S/C22H33NO3/c1-13-14-4-7-22(18(13)25)16(10-14)21-6-3-5-20(2)12-23(8-9-24)19(21)26-17(22)11-15(20)21/h14-19,24-25H,1,3-12H2,2H3/t14-,15+,16-,17+,18+,19-,20-,21-,22+/m0/s1. The molecule has 8 aliphatic rings. The van der Waals surface area contributed by atoms with Crippen LogP contribution < -0.4 is 0 Å². The quantitative estimate of drug-likeness (QED) is 0.744. The summed E-state index contributed by atoms with van der Waals surface area (Å²) >= 11 is 0. The Morgan fingerprint density at radius 1 is 1.19 bits per heavy atom. The second kappa shape index (κ2) is 4.94. The molecule has 2 spiro atoms. The Morgan fingerprint density at radius 3 is 2.85 bits per heavy atom. The molecule has 26 heavy (non-hydrogen) atoms. The molecule has 9 atom stereocenters. The van der Waals surface area contributed by atoms with Crippen LogP contribution in [0.5, 0.6) is 0 Å². The third-order valence-corrected chi connectivity index (χ3v) is 10.1. The lowest BCUT2D eigenvalue weighted by Gasteiger charge is -2.79. The van der Waals surface area contributed by atoms with Gasteiger partial charge in [-0.1, -0.05) is 19.9 Å². The number of aliphatic hydroxyl groups is 2. The van der Waals surface area contributed by atoms with Gasteiger partial charge in [-0.15, -0.1) is 0 Å². The van der Waals surface area contributed by atoms with Crippen LogP contribution in [-0.2, 0) is 4.74 Å². The Hall–Kier alpha value is -0.420. The van der Waals surface area contributed by atoms with Crippen LogP contribution in [0, 0.1) is 34.0 Å². The van der Waals surface area contributed by atoms with Crippen LogP contribution in [0.4, 0.5) is 0 Å². The third-order valence-electron chi connectivity index (χ3n) is 10.1. The molecule has 4 nitrogen and oxygen atoms in total. The molecule has 0 aromatic heterocycles. The lowest BCUT2D eigenvalue weighted by atomic mass is 9.32. The second-order valence-electron chi connectivity index (χ2n) is 10.7. The van der Waals surface area contributed by atoms with E-state index in [2.05, 4.69) is 18.4 Å². The average Bonchev–Trinajstić information content (AvgIpc) is 2.63. The Balaban J connectivity index is 1.53. The summed E-state index contributed by atoms with van der Waals surface area (Å²) < 4.78 is 6.86. The predicted molar refractivity (Wildman–Crippen MR) is 98.2 cm³/mol. The highest BCUT2D eigenvalue weighted by Gasteiger charge is 2.78. The minimum absolute atomic E-state index is 0.0840. The van der Waals surface area contributed by atoms with Crippen molar-refractivity contribution >= 4 is 0 Å². The van der Waals surface area contributed by atoms with E-state index < -0.39 is 0 Å². The first-order chi connectivity index (χ1) is 12.5. The summed E-state index contributed by atoms with van der Waals surface area (Å²) in [5.74, 6) is 1.79. The van der Waals surface area contributed by atoms with Gasteiger partial charge in [0.15, 0.2) is 0 Å². The first kappa shape index (κ1) is 16.5. The summed E-state index contributed by atoms with van der Waals surface area (Å²) in [7, 11) is 0. The summed E-state index contributed by atoms with van der Waals surface area (Å²) in [6, 6.07) is 0. The van der Waals surface area contributed by atoms with Crippen LogP contribution in [0.3, 0.4) is 0 Å². The molecule has 3 saturated heterocycles. The van der Waals surface area contributed by atoms with Crippen molar-refractivity contribution in [3.8, 4) is 0 Å². The van der Waals surface area contributed by atoms with Crippen LogP contribution in [0.25, 0.3) is 0 Å². The first-order valence-corrected chi connectivity index (χ1v) is 10.8. The fourth-order valence-electron chi connectivity index (χ4n) is 9.30. The number of piperidine rings is 1. The highest BCUT2D eigenvalue weighted by Crippen LogP contribution is 2.78. The lowest BCUT2D eigenvalue weighted by Crippen LogP contribution is -2.82. The molecule has 5 aliphatic carbocycles. The molecular formula is C22H33NO3. The van der Waals surface area contributed by atoms with E-state index in [4.69, 9.17) is 4.74 Å². The second-order valence-corrected chi connectivity index (χ2v) is 10.7. The molecule has 0 aromatic rings. The van der Waals surface area contributed by atoms with Gasteiger partial charge in [0.05, 0.1) is 18.8 Å². The Morgan fingerprint density at radius 2 is 2.04 bits per heavy atom. The van der Waals surface area contributed by atoms with Gasteiger partial charge in [-0.25, -0.2) is 0 Å². The molecule has 3 aliphatic heterocycles. The number of fused-ring (bicyclic) bond motifs is 2. The number of hydrogen-bond acceptors (Lipinski definition) is 4. The largest absolute Gasteiger partial charge is 0.395 e. The van der Waals surface area contributed by atoms with Crippen molar-refractivity contribution in [2.75, 3.05) is 19.7 Å². The van der Waals surface area contributed by atoms with Gasteiger partial charge in [-0.05, 0) is 67.3 Å². The molecule has 2 N–H and O–H groups in total. The Labute approximate surface area is 156 Å². The summed E-state index contributed by atoms with van der Waals surface area (Å²) in [6.07, 6.45) is 8.43. The maximum absolute atomic E-state index is 11.3. The highest BCUT2D eigenvalue weighted by atomic mass is 16.5. The molecule has 0 radical (unpaired) electrons. The highest BCUT2D eigenvalue weighted by molar-refractivity contribution is 5.32. The van der Waals surface area contributed by atoms with Crippen LogP contribution in [0.2, 0.25) is 0 Å². The maximum Gasteiger partial charge on any atom is 0.117 e. The van der Waals surface area contributed by atoms with E-state index in [9.17, 15) is 10.2 Å². The minimum Gasteiger partial charge on any atom is -0.395 e. The fourth-order valence-corrected chi connectivity index (χ4v) is 9.30. The zero-order valence-corrected chi connectivity index (χ0v) is 16.0. The molecule has 3 heterocycles. The van der Waals surface area contributed by atoms with Crippen molar-refractivity contribution in [1.29, 1.82) is 0 Å². The number of likely N-dealkylation sites (tertiary alicyclic amines) is 1. The van der Waals surface area contributed by atoms with Gasteiger partial charge < -0.3 is 14.9 Å². The van der Waals surface area contributed by atoms with Crippen molar-refractivity contribution in [2.45, 2.75) is 70.3 Å². The van der Waals surface area contributed by atoms with Gasteiger partial charge in [0.25, 0.3) is 0 Å². The molecule has 5 saturated carbocycles. The maximum atomic E-state index is 11.3. The van der Waals surface area contributed by atoms with E-state index in [0.717, 1.165) is 37.4 Å². The number of rotatable bonds is 2. The van der Waals surface area contributed by atoms with Crippen molar-refractivity contribution in [3.05, 3.63) is 12.2 Å². The summed E-state index contributed by atoms with van der Waals surface area (Å²) in [6.45, 7) is 8.80. The van der Waals surface area contributed by atoms with Crippen molar-refractivity contribution in [2.24, 2.45) is 34.0 Å². The predicted octanol–water partition coefficient (Wildman–Crippen LogP) is 2.55. The summed E-state index contributed by atoms with van der Waals surface area (Å²) in [5, 5.41) is 21.0. The van der Waals surface area contributed by atoms with Gasteiger partial charge in [-0.2, -0.15) is 0 Å². The van der Waals surface area contributed by atoms with Crippen LogP contribution in [0.15, 0.2) is 12.2 Å². The average molecular weight is 360 g/mol. The normalized spacial score (nSPS) is 60.2. The van der Waals surface area contributed by atoms with E-state index in [1.165, 1.54) is 32.1 Å². The molecule has 0 amide bonds. The van der Waals surface area contributed by atoms with E-state index in [1.807, 2.05) is 0 Å². The first-order valence-electron chi connectivity index (χ1n) is 10.8. The summed E-state index contributed by atoms with van der Waals surface area (Å²) in [5.41, 5.74) is 1.53. The molecule has 4 heteroatoms. The molecule has 0 aromatic carbocycles. The molecule has 8 rings (SSSR count). The monoisotopic (exact) mass is 359 g/mol. The molecular weight excluding hydrogens is 326 g/mol. The fraction of sp³-hybridized carbons (Fsp3) is 0.909. The van der Waals surface area contributed by atoms with Crippen LogP contribution >= 0.6 is 0 Å². The van der Waals surface area contributed by atoms with Gasteiger partial charge >= 0.3 is 0 Å². The number of nitrogens with zero attached hydrogens (tertiary/aromatic N) is 1. The Bertz CT molecular complexity index is 666. The number of β-amino-alcohol motifs (C(OH)–C–C–N with tert-alkyl or cyclic N) is 1. The van der Waals surface area contributed by atoms with E-state index in [0.29, 0.717) is 17.3 Å². The smallest absolute Gasteiger partial charge is 0.117 e. The topological polar surface area (TPSA) is 52.9 Å². The number of hydrogen-bond donors (Lipinski definition) is 2. The molecule has 7 bridgehead atoms. The molecule has 0 unspecified atom stereocenters. The van der Waals surface area contributed by atoms with Crippen LogP contribution in [-0.4, -0.2) is 53.2 Å². The van der Waals surface area contributed by atoms with Gasteiger partial charge in [0, 0.05) is 23.9 Å². The van der Waals surface area contributed by atoms with Crippen LogP contribution in [0.1, 0.15) is 51.9 Å². The van der Waals surface area contributed by atoms with E-state index >= 15 is 0 Å². The molecule has 144 valence electrons. The van der Waals surface area contributed by atoms with Crippen molar-refractivity contribution in [3.63, 3.8) is 0 Å². The van der Waals surface area contributed by atoms with Gasteiger partial charge in [0.2, 0.25) is 0 Å². The van der Waals surface area contributed by atoms with Crippen molar-refractivity contribution in [1.82, 2.24) is 4.90 Å². The van der Waals surface area contributed by atoms with Gasteiger partial charge in [-0.3, -0.25) is 4.90 Å². The molecule has 8 fully saturated rings. The third kappa shape index (κ3) is 1.57. The van der Waals surface area contributed by atoms with E-state index in [-0.39, 0.29) is 35.9 Å². The Kier molecular flexibility index (Phi) is 3.14.